The lowest BCUT2D eigenvalue weighted by atomic mass is 10.0. The first-order valence-corrected chi connectivity index (χ1v) is 10.6. The first kappa shape index (κ1) is 21.3. The van der Waals surface area contributed by atoms with Gasteiger partial charge in [-0.05, 0) is 18.1 Å². The van der Waals surface area contributed by atoms with E-state index in [1.54, 1.807) is 6.92 Å². The quantitative estimate of drug-likeness (QED) is 0.413. The normalized spacial score (nSPS) is 21.7. The molecule has 0 spiro atoms. The zero-order valence-corrected chi connectivity index (χ0v) is 17.9. The van der Waals surface area contributed by atoms with E-state index in [9.17, 15) is 14.4 Å². The largest absolute Gasteiger partial charge is 0.456 e. The summed E-state index contributed by atoms with van der Waals surface area (Å²) >= 11 is 18.3. The Morgan fingerprint density at radius 3 is 2.61 bits per heavy atom. The molecular formula is C18H17Cl3N2O4S. The summed E-state index contributed by atoms with van der Waals surface area (Å²) in [5.41, 5.74) is 1.70. The van der Waals surface area contributed by atoms with Crippen molar-refractivity contribution in [2.75, 3.05) is 12.4 Å². The van der Waals surface area contributed by atoms with E-state index in [1.165, 1.54) is 16.7 Å². The van der Waals surface area contributed by atoms with Gasteiger partial charge in [-0.25, -0.2) is 4.79 Å². The third-order valence-corrected chi connectivity index (χ3v) is 5.99. The van der Waals surface area contributed by atoms with Crippen LogP contribution in [0, 0.1) is 0 Å². The molecule has 10 heteroatoms. The molecule has 2 atom stereocenters. The molecule has 0 aliphatic carbocycles. The summed E-state index contributed by atoms with van der Waals surface area (Å²) in [6.45, 7) is 1.31. The van der Waals surface area contributed by atoms with Gasteiger partial charge in [0.2, 0.25) is 9.70 Å². The van der Waals surface area contributed by atoms with Gasteiger partial charge >= 0.3 is 5.97 Å². The van der Waals surface area contributed by atoms with Crippen molar-refractivity contribution in [3.05, 3.63) is 47.2 Å². The fourth-order valence-electron chi connectivity index (χ4n) is 2.98. The Morgan fingerprint density at radius 1 is 1.29 bits per heavy atom. The number of halogens is 3. The number of alkyl halides is 3. The van der Waals surface area contributed by atoms with E-state index in [-0.39, 0.29) is 29.3 Å². The molecule has 1 aromatic rings. The first-order valence-electron chi connectivity index (χ1n) is 8.39. The summed E-state index contributed by atoms with van der Waals surface area (Å²) < 4.78 is 3.29. The zero-order chi connectivity index (χ0) is 20.5. The summed E-state index contributed by atoms with van der Waals surface area (Å²) in [5.74, 6) is -0.815. The summed E-state index contributed by atoms with van der Waals surface area (Å²) in [6.07, 6.45) is 0.176. The highest BCUT2D eigenvalue weighted by Crippen LogP contribution is 2.40. The first-order chi connectivity index (χ1) is 13.2. The highest BCUT2D eigenvalue weighted by molar-refractivity contribution is 8.00. The van der Waals surface area contributed by atoms with Crippen molar-refractivity contribution in [2.45, 2.75) is 28.6 Å². The number of β-lactam (4-membered cyclic amide) rings is 1. The van der Waals surface area contributed by atoms with Gasteiger partial charge in [-0.3, -0.25) is 14.5 Å². The summed E-state index contributed by atoms with van der Waals surface area (Å²) in [4.78, 5) is 38.7. The third-order valence-electron chi connectivity index (χ3n) is 4.24. The maximum atomic E-state index is 12.6. The van der Waals surface area contributed by atoms with Crippen LogP contribution in [-0.2, 0) is 25.5 Å². The van der Waals surface area contributed by atoms with E-state index in [0.29, 0.717) is 11.3 Å². The molecule has 1 saturated heterocycles. The third kappa shape index (κ3) is 4.76. The van der Waals surface area contributed by atoms with Crippen LogP contribution in [0.3, 0.4) is 0 Å². The Hall–Kier alpha value is -1.41. The molecule has 0 radical (unpaired) electrons. The Morgan fingerprint density at radius 2 is 1.96 bits per heavy atom. The number of hydrogen-bond donors (Lipinski definition) is 1. The van der Waals surface area contributed by atoms with Crippen LogP contribution in [0.15, 0.2) is 41.6 Å². The standard InChI is InChI=1S/C18H17Cl3N2O4S/c1-10-8-28-16-13(22-12(24)7-11-5-3-2-4-6-11)15(25)23(16)14(10)17(26)27-9-18(19,20)21/h2-6,13,16H,7-9H2,1H3,(H,22,24)/t13?,16-/m0/s1. The second-order valence-electron chi connectivity index (χ2n) is 6.44. The minimum absolute atomic E-state index is 0.150. The molecule has 150 valence electrons. The molecule has 1 aromatic carbocycles. The molecule has 2 amide bonds. The highest BCUT2D eigenvalue weighted by atomic mass is 35.6. The molecule has 1 N–H and O–H groups in total. The lowest BCUT2D eigenvalue weighted by Gasteiger charge is -2.49. The van der Waals surface area contributed by atoms with Crippen LogP contribution in [-0.4, -0.2) is 50.3 Å². The van der Waals surface area contributed by atoms with Crippen LogP contribution in [0.1, 0.15) is 12.5 Å². The Kier molecular flexibility index (Phi) is 6.49. The van der Waals surface area contributed by atoms with Crippen molar-refractivity contribution in [1.29, 1.82) is 0 Å². The van der Waals surface area contributed by atoms with Crippen molar-refractivity contribution in [3.8, 4) is 0 Å². The molecule has 0 aromatic heterocycles. The van der Waals surface area contributed by atoms with E-state index in [1.807, 2.05) is 30.3 Å². The predicted octanol–water partition coefficient (Wildman–Crippen LogP) is 2.82. The van der Waals surface area contributed by atoms with Crippen molar-refractivity contribution in [2.24, 2.45) is 0 Å². The van der Waals surface area contributed by atoms with Gasteiger partial charge in [-0.1, -0.05) is 65.1 Å². The zero-order valence-electron chi connectivity index (χ0n) is 14.8. The molecule has 1 fully saturated rings. The SMILES string of the molecule is CC1=C(C(=O)OCC(Cl)(Cl)Cl)N2C(=O)C(NC(=O)Cc3ccccc3)[C@@H]2SC1. The Labute approximate surface area is 181 Å². The maximum absolute atomic E-state index is 12.6. The van der Waals surface area contributed by atoms with Crippen LogP contribution < -0.4 is 5.32 Å². The smallest absolute Gasteiger partial charge is 0.355 e. The number of thioether (sulfide) groups is 1. The Bertz CT molecular complexity index is 826. The van der Waals surface area contributed by atoms with Gasteiger partial charge in [-0.2, -0.15) is 0 Å². The maximum Gasteiger partial charge on any atom is 0.355 e. The molecular weight excluding hydrogens is 447 g/mol. The van der Waals surface area contributed by atoms with Crippen LogP contribution in [0.25, 0.3) is 0 Å². The number of nitrogens with zero attached hydrogens (tertiary/aromatic N) is 1. The number of fused-ring (bicyclic) bond motifs is 1. The Balaban J connectivity index is 1.64. The molecule has 6 nitrogen and oxygen atoms in total. The molecule has 0 saturated carbocycles. The lowest BCUT2D eigenvalue weighted by Crippen LogP contribution is -2.70. The van der Waals surface area contributed by atoms with E-state index >= 15 is 0 Å². The summed E-state index contributed by atoms with van der Waals surface area (Å²) in [7, 11) is 0. The van der Waals surface area contributed by atoms with Crippen LogP contribution in [0.5, 0.6) is 0 Å². The van der Waals surface area contributed by atoms with Gasteiger partial charge in [0.15, 0.2) is 0 Å². The van der Waals surface area contributed by atoms with Crippen molar-refractivity contribution < 1.29 is 19.1 Å². The average molecular weight is 464 g/mol. The number of ether oxygens (including phenoxy) is 1. The van der Waals surface area contributed by atoms with Crippen molar-refractivity contribution >= 4 is 64.3 Å². The molecule has 2 aliphatic heterocycles. The van der Waals surface area contributed by atoms with Crippen molar-refractivity contribution in [1.82, 2.24) is 10.2 Å². The average Bonchev–Trinajstić information content (AvgIpc) is 2.64. The number of esters is 1. The fourth-order valence-corrected chi connectivity index (χ4v) is 4.44. The minimum Gasteiger partial charge on any atom is -0.456 e. The molecule has 28 heavy (non-hydrogen) atoms. The van der Waals surface area contributed by atoms with Crippen LogP contribution in [0.4, 0.5) is 0 Å². The molecule has 2 heterocycles. The number of amides is 2. The number of benzene rings is 1. The predicted molar refractivity (Wildman–Crippen MR) is 109 cm³/mol. The van der Waals surface area contributed by atoms with Gasteiger partial charge in [0.05, 0.1) is 6.42 Å². The van der Waals surface area contributed by atoms with Crippen LogP contribution in [0.2, 0.25) is 0 Å². The van der Waals surface area contributed by atoms with Crippen molar-refractivity contribution in [3.63, 3.8) is 0 Å². The number of rotatable bonds is 5. The van der Waals surface area contributed by atoms with E-state index in [2.05, 4.69) is 5.32 Å². The molecule has 3 rings (SSSR count). The van der Waals surface area contributed by atoms with Crippen LogP contribution >= 0.6 is 46.6 Å². The number of carbonyl (C=O) groups excluding carboxylic acids is 3. The minimum atomic E-state index is -1.74. The van der Waals surface area contributed by atoms with Gasteiger partial charge < -0.3 is 10.1 Å². The van der Waals surface area contributed by atoms with Gasteiger partial charge in [0.25, 0.3) is 5.91 Å². The number of carbonyl (C=O) groups is 3. The number of hydrogen-bond acceptors (Lipinski definition) is 5. The van der Waals surface area contributed by atoms with Gasteiger partial charge in [-0.15, -0.1) is 11.8 Å². The van der Waals surface area contributed by atoms with E-state index < -0.39 is 22.4 Å². The summed E-state index contributed by atoms with van der Waals surface area (Å²) in [5, 5.41) is 2.39. The lowest BCUT2D eigenvalue weighted by molar-refractivity contribution is -0.152. The van der Waals surface area contributed by atoms with E-state index in [0.717, 1.165) is 5.56 Å². The van der Waals surface area contributed by atoms with E-state index in [4.69, 9.17) is 39.5 Å². The topological polar surface area (TPSA) is 75.7 Å². The second-order valence-corrected chi connectivity index (χ2v) is 10.1. The van der Waals surface area contributed by atoms with Gasteiger partial charge in [0, 0.05) is 5.75 Å². The number of nitrogens with one attached hydrogen (secondary N) is 1. The fraction of sp³-hybridized carbons (Fsp3) is 0.389. The monoisotopic (exact) mass is 462 g/mol. The molecule has 2 aliphatic rings. The second kappa shape index (κ2) is 8.53. The highest BCUT2D eigenvalue weighted by Gasteiger charge is 2.54. The van der Waals surface area contributed by atoms with Gasteiger partial charge in [0.1, 0.15) is 23.7 Å². The molecule has 1 unspecified atom stereocenters. The summed E-state index contributed by atoms with van der Waals surface area (Å²) in [6, 6.07) is 8.55. The molecule has 0 bridgehead atoms.